The second-order valence-electron chi connectivity index (χ2n) is 4.77. The van der Waals surface area contributed by atoms with Crippen LogP contribution in [0.15, 0.2) is 24.0 Å². The van der Waals surface area contributed by atoms with Gasteiger partial charge >= 0.3 is 0 Å². The fourth-order valence-electron chi connectivity index (χ4n) is 1.97. The highest BCUT2D eigenvalue weighted by molar-refractivity contribution is 5.74. The summed E-state index contributed by atoms with van der Waals surface area (Å²) in [6.45, 7) is 9.71. The fourth-order valence-corrected chi connectivity index (χ4v) is 1.97. The van der Waals surface area contributed by atoms with Crippen molar-refractivity contribution in [1.82, 2.24) is 15.1 Å². The van der Waals surface area contributed by atoms with E-state index in [0.717, 1.165) is 12.2 Å². The molecule has 0 aromatic carbocycles. The van der Waals surface area contributed by atoms with Crippen LogP contribution in [0.3, 0.4) is 0 Å². The van der Waals surface area contributed by atoms with Crippen LogP contribution in [0.2, 0.25) is 0 Å². The van der Waals surface area contributed by atoms with Crippen molar-refractivity contribution < 1.29 is 0 Å². The summed E-state index contributed by atoms with van der Waals surface area (Å²) in [7, 11) is 0. The van der Waals surface area contributed by atoms with Crippen LogP contribution < -0.4 is 0 Å². The molecular weight excluding hydrogens is 198 g/mol. The Morgan fingerprint density at radius 2 is 2.12 bits per heavy atom. The van der Waals surface area contributed by atoms with E-state index in [-0.39, 0.29) is 0 Å². The van der Waals surface area contributed by atoms with E-state index in [1.807, 2.05) is 6.20 Å². The summed E-state index contributed by atoms with van der Waals surface area (Å²) < 4.78 is 0. The average Bonchev–Trinajstić information content (AvgIpc) is 2.63. The van der Waals surface area contributed by atoms with Gasteiger partial charge in [0.1, 0.15) is 0 Å². The van der Waals surface area contributed by atoms with E-state index in [4.69, 9.17) is 0 Å². The lowest BCUT2D eigenvalue weighted by atomic mass is 10.0. The van der Waals surface area contributed by atoms with Gasteiger partial charge in [0.2, 0.25) is 0 Å². The summed E-state index contributed by atoms with van der Waals surface area (Å²) >= 11 is 0. The molecular formula is C13H19N3. The normalized spacial score (nSPS) is 16.4. The monoisotopic (exact) mass is 217 g/mol. The zero-order chi connectivity index (χ0) is 11.7. The predicted octanol–water partition coefficient (Wildman–Crippen LogP) is 2.73. The molecule has 0 saturated heterocycles. The first-order chi connectivity index (χ1) is 7.58. The lowest BCUT2D eigenvalue weighted by Gasteiger charge is -2.29. The van der Waals surface area contributed by atoms with Gasteiger partial charge in [0.15, 0.2) is 0 Å². The highest BCUT2D eigenvalue weighted by Gasteiger charge is 2.15. The van der Waals surface area contributed by atoms with Crippen LogP contribution in [-0.4, -0.2) is 27.7 Å². The van der Waals surface area contributed by atoms with Gasteiger partial charge in [-0.15, -0.1) is 0 Å². The van der Waals surface area contributed by atoms with Gasteiger partial charge in [0.05, 0.1) is 11.9 Å². The van der Waals surface area contributed by atoms with Crippen LogP contribution in [0.4, 0.5) is 0 Å². The van der Waals surface area contributed by atoms with E-state index in [1.54, 1.807) is 0 Å². The second kappa shape index (κ2) is 4.16. The van der Waals surface area contributed by atoms with Crippen LogP contribution in [0.25, 0.3) is 5.57 Å². The number of nitrogens with one attached hydrogen (secondary N) is 1. The van der Waals surface area contributed by atoms with Crippen molar-refractivity contribution in [3.63, 3.8) is 0 Å². The maximum absolute atomic E-state index is 4.08. The minimum Gasteiger partial charge on any atom is -0.370 e. The summed E-state index contributed by atoms with van der Waals surface area (Å²) in [5, 5.41) is 7.14. The van der Waals surface area contributed by atoms with Crippen LogP contribution in [0, 0.1) is 6.92 Å². The van der Waals surface area contributed by atoms with Crippen LogP contribution in [0.5, 0.6) is 0 Å². The Morgan fingerprint density at radius 1 is 1.38 bits per heavy atom. The molecule has 0 amide bonds. The standard InChI is InChI=1S/C13H19N3/c1-9(2)16-7-10(3)5-12(8-16)13-11(4)6-14-15-13/h5-6,8-9H,7H2,1-4H3,(H,14,15). The number of aromatic amines is 1. The Labute approximate surface area is 96.9 Å². The first kappa shape index (κ1) is 11.0. The highest BCUT2D eigenvalue weighted by atomic mass is 15.1. The SMILES string of the molecule is CC1=CC(c2[nH]ncc2C)=CN(C(C)C)C1. The van der Waals surface area contributed by atoms with Gasteiger partial charge in [-0.25, -0.2) is 0 Å². The zero-order valence-electron chi connectivity index (χ0n) is 10.4. The number of aryl methyl sites for hydroxylation is 1. The van der Waals surface area contributed by atoms with Gasteiger partial charge in [0, 0.05) is 24.4 Å². The zero-order valence-corrected chi connectivity index (χ0v) is 10.4. The van der Waals surface area contributed by atoms with Crippen LogP contribution in [0.1, 0.15) is 32.0 Å². The van der Waals surface area contributed by atoms with Gasteiger partial charge < -0.3 is 4.90 Å². The number of rotatable bonds is 2. The third-order valence-electron chi connectivity index (χ3n) is 2.92. The molecule has 1 aromatic heterocycles. The van der Waals surface area contributed by atoms with Gasteiger partial charge in [-0.2, -0.15) is 5.10 Å². The molecule has 0 unspecified atom stereocenters. The molecule has 1 aliphatic rings. The van der Waals surface area contributed by atoms with Gasteiger partial charge in [-0.05, 0) is 33.3 Å². The maximum Gasteiger partial charge on any atom is 0.0693 e. The molecule has 1 aliphatic heterocycles. The molecule has 86 valence electrons. The van der Waals surface area contributed by atoms with E-state index in [1.165, 1.54) is 16.7 Å². The molecule has 1 aromatic rings. The molecule has 16 heavy (non-hydrogen) atoms. The third kappa shape index (κ3) is 2.03. The molecule has 2 heterocycles. The smallest absolute Gasteiger partial charge is 0.0693 e. The molecule has 1 N–H and O–H groups in total. The van der Waals surface area contributed by atoms with E-state index in [2.05, 4.69) is 55.1 Å². The summed E-state index contributed by atoms with van der Waals surface area (Å²) in [5.74, 6) is 0. The number of aromatic nitrogens is 2. The number of allylic oxidation sites excluding steroid dienone is 2. The molecule has 0 fully saturated rings. The number of hydrogen-bond donors (Lipinski definition) is 1. The minimum absolute atomic E-state index is 0.530. The van der Waals surface area contributed by atoms with E-state index in [9.17, 15) is 0 Å². The number of hydrogen-bond acceptors (Lipinski definition) is 2. The van der Waals surface area contributed by atoms with Gasteiger partial charge in [-0.1, -0.05) is 11.6 Å². The molecule has 3 heteroatoms. The lowest BCUT2D eigenvalue weighted by Crippen LogP contribution is -2.29. The molecule has 0 bridgehead atoms. The summed E-state index contributed by atoms with van der Waals surface area (Å²) in [6, 6.07) is 0.530. The molecule has 2 rings (SSSR count). The van der Waals surface area contributed by atoms with Gasteiger partial charge in [0.25, 0.3) is 0 Å². The summed E-state index contributed by atoms with van der Waals surface area (Å²) in [6.07, 6.45) is 6.32. The Bertz CT molecular complexity index is 438. The second-order valence-corrected chi connectivity index (χ2v) is 4.77. The maximum atomic E-state index is 4.08. The van der Waals surface area contributed by atoms with Crippen molar-refractivity contribution in [3.05, 3.63) is 35.3 Å². The van der Waals surface area contributed by atoms with Crippen molar-refractivity contribution in [2.75, 3.05) is 6.54 Å². The van der Waals surface area contributed by atoms with Crippen molar-refractivity contribution in [3.8, 4) is 0 Å². The van der Waals surface area contributed by atoms with E-state index < -0.39 is 0 Å². The minimum atomic E-state index is 0.530. The molecule has 0 aliphatic carbocycles. The predicted molar refractivity (Wildman–Crippen MR) is 66.9 cm³/mol. The largest absolute Gasteiger partial charge is 0.370 e. The highest BCUT2D eigenvalue weighted by Crippen LogP contribution is 2.24. The number of nitrogens with zero attached hydrogens (tertiary/aromatic N) is 2. The lowest BCUT2D eigenvalue weighted by molar-refractivity contribution is 0.333. The average molecular weight is 217 g/mol. The summed E-state index contributed by atoms with van der Waals surface area (Å²) in [4.78, 5) is 2.35. The van der Waals surface area contributed by atoms with E-state index in [0.29, 0.717) is 6.04 Å². The number of H-pyrrole nitrogens is 1. The molecule has 3 nitrogen and oxygen atoms in total. The van der Waals surface area contributed by atoms with Crippen LogP contribution in [-0.2, 0) is 0 Å². The Morgan fingerprint density at radius 3 is 2.69 bits per heavy atom. The topological polar surface area (TPSA) is 31.9 Å². The Kier molecular flexibility index (Phi) is 2.86. The molecule has 0 radical (unpaired) electrons. The van der Waals surface area contributed by atoms with Crippen LogP contribution >= 0.6 is 0 Å². The fraction of sp³-hybridized carbons (Fsp3) is 0.462. The first-order valence-electron chi connectivity index (χ1n) is 5.73. The van der Waals surface area contributed by atoms with Crippen molar-refractivity contribution >= 4 is 5.57 Å². The van der Waals surface area contributed by atoms with Gasteiger partial charge in [-0.3, -0.25) is 5.10 Å². The Hall–Kier alpha value is -1.51. The van der Waals surface area contributed by atoms with Crippen molar-refractivity contribution in [1.29, 1.82) is 0 Å². The first-order valence-corrected chi connectivity index (χ1v) is 5.73. The van der Waals surface area contributed by atoms with Crippen molar-refractivity contribution in [2.45, 2.75) is 33.7 Å². The quantitative estimate of drug-likeness (QED) is 0.826. The van der Waals surface area contributed by atoms with E-state index >= 15 is 0 Å². The molecule has 0 spiro atoms. The third-order valence-corrected chi connectivity index (χ3v) is 2.92. The molecule has 0 saturated carbocycles. The Balaban J connectivity index is 2.36. The van der Waals surface area contributed by atoms with Crippen molar-refractivity contribution in [2.24, 2.45) is 0 Å². The summed E-state index contributed by atoms with van der Waals surface area (Å²) in [5.41, 5.74) is 4.94. The molecule has 0 atom stereocenters.